The van der Waals surface area contributed by atoms with Crippen LogP contribution in [0.15, 0.2) is 47.8 Å². The zero-order valence-electron chi connectivity index (χ0n) is 16.9. The molecule has 1 aliphatic rings. The van der Waals surface area contributed by atoms with Crippen LogP contribution < -0.4 is 9.47 Å². The summed E-state index contributed by atoms with van der Waals surface area (Å²) in [5, 5.41) is 2.74. The number of halogens is 1. The Morgan fingerprint density at radius 3 is 2.67 bits per heavy atom. The summed E-state index contributed by atoms with van der Waals surface area (Å²) in [5.74, 6) is 1.03. The Morgan fingerprint density at radius 1 is 1.17 bits per heavy atom. The third-order valence-electron chi connectivity index (χ3n) is 5.06. The number of benzene rings is 2. The Hall–Kier alpha value is -2.93. The number of carbonyl (C=O) groups is 1. The molecule has 0 bridgehead atoms. The first-order valence-electron chi connectivity index (χ1n) is 9.78. The molecule has 5 nitrogen and oxygen atoms in total. The number of rotatable bonds is 8. The average molecular weight is 427 g/mol. The third-order valence-corrected chi connectivity index (χ3v) is 6.00. The van der Waals surface area contributed by atoms with Crippen LogP contribution in [0.4, 0.5) is 4.39 Å². The van der Waals surface area contributed by atoms with Gasteiger partial charge in [-0.3, -0.25) is 4.79 Å². The average Bonchev–Trinajstić information content (AvgIpc) is 3.49. The topological polar surface area (TPSA) is 51.7 Å². The molecule has 1 fully saturated rings. The zero-order valence-corrected chi connectivity index (χ0v) is 17.7. The smallest absolute Gasteiger partial charge is 0.229 e. The molecular weight excluding hydrogens is 403 g/mol. The Morgan fingerprint density at radius 2 is 1.97 bits per heavy atom. The van der Waals surface area contributed by atoms with Crippen LogP contribution in [0.5, 0.6) is 11.5 Å². The maximum absolute atomic E-state index is 13.5. The summed E-state index contributed by atoms with van der Waals surface area (Å²) in [7, 11) is 3.19. The number of nitrogens with zero attached hydrogens (tertiary/aromatic N) is 2. The lowest BCUT2D eigenvalue weighted by Crippen LogP contribution is -2.33. The van der Waals surface area contributed by atoms with Crippen molar-refractivity contribution in [3.8, 4) is 22.1 Å². The fraction of sp³-hybridized carbons (Fsp3) is 0.304. The summed E-state index contributed by atoms with van der Waals surface area (Å²) >= 11 is 1.49. The minimum atomic E-state index is -0.283. The molecule has 1 aromatic heterocycles. The molecule has 4 rings (SSSR count). The van der Waals surface area contributed by atoms with Gasteiger partial charge in [0.15, 0.2) is 11.5 Å². The second kappa shape index (κ2) is 8.83. The van der Waals surface area contributed by atoms with Crippen molar-refractivity contribution in [1.82, 2.24) is 9.88 Å². The lowest BCUT2D eigenvalue weighted by molar-refractivity contribution is -0.131. The molecule has 1 heterocycles. The highest BCUT2D eigenvalue weighted by atomic mass is 32.1. The van der Waals surface area contributed by atoms with Gasteiger partial charge in [-0.25, -0.2) is 9.37 Å². The molecule has 0 saturated heterocycles. The van der Waals surface area contributed by atoms with Crippen molar-refractivity contribution in [3.05, 3.63) is 64.9 Å². The van der Waals surface area contributed by atoms with Gasteiger partial charge >= 0.3 is 0 Å². The number of ether oxygens (including phenoxy) is 2. The number of amides is 1. The van der Waals surface area contributed by atoms with Crippen molar-refractivity contribution < 1.29 is 18.7 Å². The molecule has 0 atom stereocenters. The van der Waals surface area contributed by atoms with E-state index in [1.807, 2.05) is 34.5 Å². The van der Waals surface area contributed by atoms with E-state index in [1.165, 1.54) is 23.5 Å². The Kier molecular flexibility index (Phi) is 5.99. The Bertz CT molecular complexity index is 1050. The summed E-state index contributed by atoms with van der Waals surface area (Å²) in [4.78, 5) is 19.5. The van der Waals surface area contributed by atoms with Gasteiger partial charge in [-0.2, -0.15) is 0 Å². The predicted octanol–water partition coefficient (Wildman–Crippen LogP) is 4.70. The second-order valence-corrected chi connectivity index (χ2v) is 8.13. The van der Waals surface area contributed by atoms with E-state index in [0.29, 0.717) is 18.0 Å². The largest absolute Gasteiger partial charge is 0.493 e. The summed E-state index contributed by atoms with van der Waals surface area (Å²) in [6, 6.07) is 12.3. The van der Waals surface area contributed by atoms with Crippen LogP contribution in [0.2, 0.25) is 0 Å². The SMILES string of the molecule is COc1ccc(-c2nc(CC(=O)N(Cc3cccc(F)c3)C3CC3)cs2)cc1OC. The molecule has 0 N–H and O–H groups in total. The van der Waals surface area contributed by atoms with E-state index in [0.717, 1.165) is 34.7 Å². The highest BCUT2D eigenvalue weighted by molar-refractivity contribution is 7.13. The minimum Gasteiger partial charge on any atom is -0.493 e. The first-order valence-corrected chi connectivity index (χ1v) is 10.7. The molecule has 0 aliphatic heterocycles. The number of hydrogen-bond donors (Lipinski definition) is 0. The minimum absolute atomic E-state index is 0.0194. The molecule has 1 amide bonds. The van der Waals surface area contributed by atoms with Crippen LogP contribution in [-0.4, -0.2) is 36.1 Å². The van der Waals surface area contributed by atoms with Crippen LogP contribution in [0.25, 0.3) is 10.6 Å². The van der Waals surface area contributed by atoms with Crippen LogP contribution in [0.1, 0.15) is 24.1 Å². The van der Waals surface area contributed by atoms with Gasteiger partial charge in [0, 0.05) is 23.5 Å². The van der Waals surface area contributed by atoms with E-state index in [9.17, 15) is 9.18 Å². The van der Waals surface area contributed by atoms with Gasteiger partial charge < -0.3 is 14.4 Å². The number of hydrogen-bond acceptors (Lipinski definition) is 5. The van der Waals surface area contributed by atoms with Crippen LogP contribution >= 0.6 is 11.3 Å². The maximum atomic E-state index is 13.5. The van der Waals surface area contributed by atoms with Crippen LogP contribution in [0.3, 0.4) is 0 Å². The molecule has 7 heteroatoms. The fourth-order valence-electron chi connectivity index (χ4n) is 3.39. The summed E-state index contributed by atoms with van der Waals surface area (Å²) in [5.41, 5.74) is 2.45. The monoisotopic (exact) mass is 426 g/mol. The fourth-order valence-corrected chi connectivity index (χ4v) is 4.20. The van der Waals surface area contributed by atoms with Gasteiger partial charge in [-0.15, -0.1) is 11.3 Å². The van der Waals surface area contributed by atoms with Crippen molar-refractivity contribution in [2.24, 2.45) is 0 Å². The van der Waals surface area contributed by atoms with E-state index in [2.05, 4.69) is 4.98 Å². The Labute approximate surface area is 179 Å². The van der Waals surface area contributed by atoms with E-state index in [-0.39, 0.29) is 24.2 Å². The second-order valence-electron chi connectivity index (χ2n) is 7.27. The number of carbonyl (C=O) groups excluding carboxylic acids is 1. The normalized spacial score (nSPS) is 13.2. The Balaban J connectivity index is 1.47. The van der Waals surface area contributed by atoms with Gasteiger partial charge in [-0.1, -0.05) is 12.1 Å². The lowest BCUT2D eigenvalue weighted by atomic mass is 10.2. The molecule has 30 heavy (non-hydrogen) atoms. The van der Waals surface area contributed by atoms with Crippen molar-refractivity contribution in [2.75, 3.05) is 14.2 Å². The molecule has 2 aromatic carbocycles. The van der Waals surface area contributed by atoms with Gasteiger partial charge in [-0.05, 0) is 48.7 Å². The molecule has 1 saturated carbocycles. The van der Waals surface area contributed by atoms with Crippen molar-refractivity contribution in [1.29, 1.82) is 0 Å². The lowest BCUT2D eigenvalue weighted by Gasteiger charge is -2.22. The van der Waals surface area contributed by atoms with E-state index >= 15 is 0 Å². The molecule has 1 aliphatic carbocycles. The van der Waals surface area contributed by atoms with Gasteiger partial charge in [0.05, 0.1) is 26.3 Å². The number of thiazole rings is 1. The molecule has 0 unspecified atom stereocenters. The molecule has 0 spiro atoms. The van der Waals surface area contributed by atoms with Crippen LogP contribution in [-0.2, 0) is 17.8 Å². The first-order chi connectivity index (χ1) is 14.6. The predicted molar refractivity (Wildman–Crippen MR) is 114 cm³/mol. The van der Waals surface area contributed by atoms with Crippen molar-refractivity contribution in [3.63, 3.8) is 0 Å². The molecule has 0 radical (unpaired) electrons. The quantitative estimate of drug-likeness (QED) is 0.524. The highest BCUT2D eigenvalue weighted by Gasteiger charge is 2.32. The van der Waals surface area contributed by atoms with Gasteiger partial charge in [0.2, 0.25) is 5.91 Å². The maximum Gasteiger partial charge on any atom is 0.229 e. The molecule has 3 aromatic rings. The van der Waals surface area contributed by atoms with E-state index in [4.69, 9.17) is 9.47 Å². The van der Waals surface area contributed by atoms with Gasteiger partial charge in [0.1, 0.15) is 10.8 Å². The van der Waals surface area contributed by atoms with Gasteiger partial charge in [0.25, 0.3) is 0 Å². The van der Waals surface area contributed by atoms with Crippen molar-refractivity contribution in [2.45, 2.75) is 31.8 Å². The molecule has 156 valence electrons. The van der Waals surface area contributed by atoms with Crippen molar-refractivity contribution >= 4 is 17.2 Å². The van der Waals surface area contributed by atoms with E-state index in [1.54, 1.807) is 20.3 Å². The number of aromatic nitrogens is 1. The number of methoxy groups -OCH3 is 2. The summed E-state index contributed by atoms with van der Waals surface area (Å²) in [6.07, 6.45) is 2.22. The molecular formula is C23H23FN2O3S. The summed E-state index contributed by atoms with van der Waals surface area (Å²) in [6.45, 7) is 0.425. The standard InChI is InChI=1S/C23H23FN2O3S/c1-28-20-9-6-16(11-21(20)29-2)23-25-18(14-30-23)12-22(27)26(19-7-8-19)13-15-4-3-5-17(24)10-15/h3-6,9-11,14,19H,7-8,12-13H2,1-2H3. The summed E-state index contributed by atoms with van der Waals surface area (Å²) < 4.78 is 24.2. The third kappa shape index (κ3) is 4.62. The first kappa shape index (κ1) is 20.3. The van der Waals surface area contributed by atoms with Crippen LogP contribution in [0, 0.1) is 5.82 Å². The van der Waals surface area contributed by atoms with E-state index < -0.39 is 0 Å². The highest BCUT2D eigenvalue weighted by Crippen LogP contribution is 2.34. The zero-order chi connectivity index (χ0) is 21.1.